The number of carbonyl (C=O) groups is 1. The number of amides is 1. The van der Waals surface area contributed by atoms with E-state index in [-0.39, 0.29) is 11.5 Å². The molecule has 10 nitrogen and oxygen atoms in total. The third-order valence-electron chi connectivity index (χ3n) is 5.97. The maximum absolute atomic E-state index is 12.3. The van der Waals surface area contributed by atoms with Crippen molar-refractivity contribution in [2.24, 2.45) is 0 Å². The van der Waals surface area contributed by atoms with Crippen LogP contribution >= 0.6 is 0 Å². The number of aromatic nitrogens is 4. The molecule has 2 N–H and O–H groups in total. The van der Waals surface area contributed by atoms with Crippen molar-refractivity contribution in [1.82, 2.24) is 24.5 Å². The van der Waals surface area contributed by atoms with E-state index in [2.05, 4.69) is 10.2 Å². The lowest BCUT2D eigenvalue weighted by Crippen LogP contribution is -2.31. The zero-order chi connectivity index (χ0) is 26.7. The molecule has 2 aromatic heterocycles. The van der Waals surface area contributed by atoms with Crippen molar-refractivity contribution in [3.05, 3.63) is 90.1 Å². The maximum atomic E-state index is 12.3. The fourth-order valence-corrected chi connectivity index (χ4v) is 4.89. The molecule has 11 heteroatoms. The van der Waals surface area contributed by atoms with Crippen LogP contribution in [-0.4, -0.2) is 48.0 Å². The Hall–Kier alpha value is -4.64. The number of sulfonamides is 1. The maximum Gasteiger partial charge on any atom is 0.421 e. The van der Waals surface area contributed by atoms with Crippen LogP contribution in [0.4, 0.5) is 4.79 Å². The summed E-state index contributed by atoms with van der Waals surface area (Å²) in [6.07, 6.45) is 1.06. The zero-order valence-corrected chi connectivity index (χ0v) is 21.5. The Bertz CT molecular complexity index is 1680. The highest BCUT2D eigenvalue weighted by molar-refractivity contribution is 7.90. The molecule has 0 spiro atoms. The van der Waals surface area contributed by atoms with Gasteiger partial charge in [0.2, 0.25) is 0 Å². The molecule has 0 saturated carbocycles. The summed E-state index contributed by atoms with van der Waals surface area (Å²) in [5.41, 5.74) is 5.16. The van der Waals surface area contributed by atoms with Crippen LogP contribution < -0.4 is 9.46 Å². The highest BCUT2D eigenvalue weighted by Crippen LogP contribution is 2.30. The number of hydrogen-bond donors (Lipinski definition) is 2. The van der Waals surface area contributed by atoms with E-state index in [1.165, 1.54) is 12.1 Å². The van der Waals surface area contributed by atoms with E-state index in [1.807, 2.05) is 64.7 Å². The Morgan fingerprint density at radius 2 is 1.79 bits per heavy atom. The normalized spacial score (nSPS) is 11.4. The number of ether oxygens (including phenoxy) is 2. The minimum Gasteiger partial charge on any atom is -0.497 e. The Morgan fingerprint density at radius 1 is 1.03 bits per heavy atom. The number of fused-ring (bicyclic) bond motifs is 1. The summed E-state index contributed by atoms with van der Waals surface area (Å²) in [7, 11) is -2.38. The van der Waals surface area contributed by atoms with E-state index in [9.17, 15) is 13.2 Å². The van der Waals surface area contributed by atoms with Gasteiger partial charge in [0.25, 0.3) is 10.0 Å². The van der Waals surface area contributed by atoms with Gasteiger partial charge in [0.1, 0.15) is 11.4 Å². The van der Waals surface area contributed by atoms with Gasteiger partial charge < -0.3 is 9.47 Å². The second kappa shape index (κ2) is 10.4. The van der Waals surface area contributed by atoms with Gasteiger partial charge in [0.05, 0.1) is 29.6 Å². The largest absolute Gasteiger partial charge is 0.497 e. The molecule has 0 unspecified atom stereocenters. The van der Waals surface area contributed by atoms with Crippen LogP contribution in [0.1, 0.15) is 11.1 Å². The quantitative estimate of drug-likeness (QED) is 0.304. The summed E-state index contributed by atoms with van der Waals surface area (Å²) in [6, 6.07) is 21.5. The Balaban J connectivity index is 1.28. The van der Waals surface area contributed by atoms with E-state index in [0.717, 1.165) is 33.5 Å². The summed E-state index contributed by atoms with van der Waals surface area (Å²) in [5.74, 6) is 1.41. The van der Waals surface area contributed by atoms with Gasteiger partial charge >= 0.3 is 6.09 Å². The number of aryl methyl sites for hydroxylation is 1. The Labute approximate surface area is 219 Å². The number of methoxy groups -OCH3 is 1. The Morgan fingerprint density at radius 3 is 2.47 bits per heavy atom. The molecule has 0 aliphatic rings. The molecule has 2 heterocycles. The number of imidazole rings is 1. The van der Waals surface area contributed by atoms with Crippen molar-refractivity contribution in [3.8, 4) is 23.0 Å². The first-order valence-electron chi connectivity index (χ1n) is 11.8. The molecule has 3 aromatic carbocycles. The zero-order valence-electron chi connectivity index (χ0n) is 20.7. The number of aromatic amines is 1. The summed E-state index contributed by atoms with van der Waals surface area (Å²) in [5, 5.41) is 7.02. The van der Waals surface area contributed by atoms with Crippen LogP contribution in [-0.2, 0) is 21.2 Å². The molecule has 0 bridgehead atoms. The third kappa shape index (κ3) is 5.23. The third-order valence-corrected chi connectivity index (χ3v) is 7.30. The van der Waals surface area contributed by atoms with Gasteiger partial charge in [-0.05, 0) is 55.0 Å². The number of benzene rings is 3. The van der Waals surface area contributed by atoms with Crippen LogP contribution in [0.25, 0.3) is 28.2 Å². The van der Waals surface area contributed by atoms with Crippen molar-refractivity contribution in [2.45, 2.75) is 18.2 Å². The molecular weight excluding hydrogens is 506 g/mol. The number of rotatable bonds is 8. The predicted molar refractivity (Wildman–Crippen MR) is 142 cm³/mol. The topological polar surface area (TPSA) is 128 Å². The number of hydrogen-bond acceptors (Lipinski definition) is 7. The molecular formula is C27H25N5O5S. The van der Waals surface area contributed by atoms with Crippen LogP contribution in [0.5, 0.6) is 5.75 Å². The summed E-state index contributed by atoms with van der Waals surface area (Å²) in [6.45, 7) is 1.86. The first-order chi connectivity index (χ1) is 18.3. The van der Waals surface area contributed by atoms with Gasteiger partial charge in [-0.2, -0.15) is 5.10 Å². The van der Waals surface area contributed by atoms with Crippen molar-refractivity contribution in [2.75, 3.05) is 13.7 Å². The number of nitrogens with zero attached hydrogens (tertiary/aromatic N) is 3. The molecule has 1 amide bonds. The predicted octanol–water partition coefficient (Wildman–Crippen LogP) is 4.39. The summed E-state index contributed by atoms with van der Waals surface area (Å²) < 4.78 is 39.1. The molecule has 5 aromatic rings. The lowest BCUT2D eigenvalue weighted by Gasteiger charge is -2.11. The summed E-state index contributed by atoms with van der Waals surface area (Å²) in [4.78, 5) is 16.9. The lowest BCUT2D eigenvalue weighted by atomic mass is 10.1. The molecule has 0 saturated heterocycles. The smallest absolute Gasteiger partial charge is 0.421 e. The molecule has 0 aliphatic carbocycles. The number of carbonyl (C=O) groups excluding carboxylic acids is 1. The highest BCUT2D eigenvalue weighted by Gasteiger charge is 2.19. The van der Waals surface area contributed by atoms with E-state index in [0.29, 0.717) is 18.0 Å². The van der Waals surface area contributed by atoms with Crippen molar-refractivity contribution < 1.29 is 22.7 Å². The van der Waals surface area contributed by atoms with Crippen molar-refractivity contribution in [3.63, 3.8) is 0 Å². The van der Waals surface area contributed by atoms with Crippen LogP contribution in [0.2, 0.25) is 0 Å². The lowest BCUT2D eigenvalue weighted by molar-refractivity contribution is 0.154. The van der Waals surface area contributed by atoms with Gasteiger partial charge in [-0.25, -0.2) is 22.9 Å². The van der Waals surface area contributed by atoms with Crippen LogP contribution in [0.3, 0.4) is 0 Å². The van der Waals surface area contributed by atoms with Crippen LogP contribution in [0.15, 0.2) is 83.9 Å². The van der Waals surface area contributed by atoms with E-state index in [1.54, 1.807) is 25.4 Å². The minimum absolute atomic E-state index is 0.00407. The molecule has 5 rings (SSSR count). The molecule has 0 aliphatic heterocycles. The molecule has 194 valence electrons. The fraction of sp³-hybridized carbons (Fsp3) is 0.148. The van der Waals surface area contributed by atoms with E-state index >= 15 is 0 Å². The van der Waals surface area contributed by atoms with Crippen LogP contribution in [0, 0.1) is 6.92 Å². The average Bonchev–Trinajstić information content (AvgIpc) is 3.57. The fourth-order valence-electron chi connectivity index (χ4n) is 4.00. The van der Waals surface area contributed by atoms with Gasteiger partial charge in [0.15, 0.2) is 5.82 Å². The van der Waals surface area contributed by atoms with E-state index < -0.39 is 16.1 Å². The SMILES string of the molecule is COc1ccc2c(c1)nc(-c1ccn[nH]1)n2-c1ccc(CCOC(=O)NS(=O)(=O)c2ccc(C)cc2)cc1. The minimum atomic E-state index is -4.00. The van der Waals surface area contributed by atoms with E-state index in [4.69, 9.17) is 14.5 Å². The first kappa shape index (κ1) is 25.0. The monoisotopic (exact) mass is 531 g/mol. The second-order valence-electron chi connectivity index (χ2n) is 8.57. The van der Waals surface area contributed by atoms with Crippen molar-refractivity contribution >= 4 is 27.1 Å². The molecule has 0 radical (unpaired) electrons. The van der Waals surface area contributed by atoms with Gasteiger partial charge in [0, 0.05) is 24.4 Å². The average molecular weight is 532 g/mol. The van der Waals surface area contributed by atoms with Gasteiger partial charge in [-0.3, -0.25) is 9.67 Å². The van der Waals surface area contributed by atoms with Gasteiger partial charge in [-0.15, -0.1) is 0 Å². The number of H-pyrrole nitrogens is 1. The first-order valence-corrected chi connectivity index (χ1v) is 13.2. The van der Waals surface area contributed by atoms with Crippen molar-refractivity contribution in [1.29, 1.82) is 0 Å². The Kier molecular flexibility index (Phi) is 6.84. The summed E-state index contributed by atoms with van der Waals surface area (Å²) >= 11 is 0. The molecule has 0 atom stereocenters. The molecule has 0 fully saturated rings. The van der Waals surface area contributed by atoms with Gasteiger partial charge in [-0.1, -0.05) is 29.8 Å². The standard InChI is InChI=1S/C27H25N5O5S/c1-18-3-10-22(11-4-18)38(34,35)31-27(33)37-16-14-19-5-7-20(8-6-19)32-25-12-9-21(36-2)17-24(25)29-26(32)23-13-15-28-30-23/h3-13,15,17H,14,16H2,1-2H3,(H,28,30)(H,31,33). The highest BCUT2D eigenvalue weighted by atomic mass is 32.2. The number of nitrogens with one attached hydrogen (secondary N) is 2. The second-order valence-corrected chi connectivity index (χ2v) is 10.2. The molecule has 38 heavy (non-hydrogen) atoms.